The monoisotopic (exact) mass is 230 g/mol. The first-order valence-corrected chi connectivity index (χ1v) is 6.06. The third kappa shape index (κ3) is 5.32. The Hall–Kier alpha value is -0.810. The van der Waals surface area contributed by atoms with Gasteiger partial charge in [-0.25, -0.2) is 4.79 Å². The summed E-state index contributed by atoms with van der Waals surface area (Å²) >= 11 is 0. The molecule has 16 heavy (non-hydrogen) atoms. The molecular weight excluding hydrogens is 206 g/mol. The first-order chi connectivity index (χ1) is 7.58. The van der Waals surface area contributed by atoms with Crippen molar-refractivity contribution >= 4 is 6.09 Å². The van der Waals surface area contributed by atoms with Gasteiger partial charge in [0.25, 0.3) is 0 Å². The molecule has 0 spiro atoms. The summed E-state index contributed by atoms with van der Waals surface area (Å²) in [5.41, 5.74) is 0. The minimum absolute atomic E-state index is 0.0489. The van der Waals surface area contributed by atoms with Crippen molar-refractivity contribution in [2.75, 3.05) is 46.3 Å². The number of alkyl carbamates (subject to hydrolysis) is 1. The molecule has 0 bridgehead atoms. The highest BCUT2D eigenvalue weighted by molar-refractivity contribution is 5.67. The van der Waals surface area contributed by atoms with Crippen LogP contribution in [0.5, 0.6) is 0 Å². The third-order valence-corrected chi connectivity index (χ3v) is 2.75. The predicted molar refractivity (Wildman–Crippen MR) is 62.7 cm³/mol. The molecule has 0 aromatic carbocycles. The Bertz CT molecular complexity index is 213. The van der Waals surface area contributed by atoms with Gasteiger partial charge in [0.2, 0.25) is 0 Å². The molecule has 1 aliphatic rings. The maximum atomic E-state index is 11.2. The zero-order valence-electron chi connectivity index (χ0n) is 10.6. The van der Waals surface area contributed by atoms with Gasteiger partial charge in [-0.3, -0.25) is 4.90 Å². The average Bonchev–Trinajstić information content (AvgIpc) is 2.20. The summed E-state index contributed by atoms with van der Waals surface area (Å²) in [5, 5.41) is 2.76. The maximum absolute atomic E-state index is 11.2. The van der Waals surface area contributed by atoms with Gasteiger partial charge < -0.3 is 15.0 Å². The molecule has 5 nitrogen and oxygen atoms in total. The fourth-order valence-electron chi connectivity index (χ4n) is 1.73. The van der Waals surface area contributed by atoms with Gasteiger partial charge in [0.15, 0.2) is 0 Å². The van der Waals surface area contributed by atoms with Crippen molar-refractivity contribution in [2.24, 2.45) is 0 Å². The summed E-state index contributed by atoms with van der Waals surface area (Å²) in [6.45, 7) is 9.91. The van der Waals surface area contributed by atoms with E-state index in [0.29, 0.717) is 6.54 Å². The van der Waals surface area contributed by atoms with Crippen molar-refractivity contribution < 1.29 is 14.4 Å². The lowest BCUT2D eigenvalue weighted by Gasteiger charge is -2.29. The molecule has 1 saturated heterocycles. The zero-order chi connectivity index (χ0) is 12.0. The van der Waals surface area contributed by atoms with Crippen LogP contribution in [0.4, 0.5) is 4.79 Å². The van der Waals surface area contributed by atoms with Crippen LogP contribution in [0.25, 0.3) is 0 Å². The first kappa shape index (κ1) is 13.3. The van der Waals surface area contributed by atoms with Crippen LogP contribution in [-0.2, 0) is 4.74 Å². The lowest BCUT2D eigenvalue weighted by molar-refractivity contribution is -0.884. The van der Waals surface area contributed by atoms with Crippen molar-refractivity contribution in [1.82, 2.24) is 10.2 Å². The number of rotatable bonds is 4. The molecule has 1 rings (SSSR count). The highest BCUT2D eigenvalue weighted by Gasteiger charge is 2.16. The molecule has 0 atom stereocenters. The van der Waals surface area contributed by atoms with Crippen LogP contribution in [0.15, 0.2) is 0 Å². The molecular formula is C11H24N3O2+. The molecule has 5 heteroatoms. The van der Waals surface area contributed by atoms with E-state index >= 15 is 0 Å². The van der Waals surface area contributed by atoms with E-state index in [2.05, 4.69) is 17.3 Å². The number of hydrogen-bond acceptors (Lipinski definition) is 3. The number of nitrogens with zero attached hydrogens (tertiary/aromatic N) is 1. The normalized spacial score (nSPS) is 18.8. The number of carbonyl (C=O) groups excluding carboxylic acids is 1. The Morgan fingerprint density at radius 1 is 1.44 bits per heavy atom. The molecule has 0 saturated carbocycles. The predicted octanol–water partition coefficient (Wildman–Crippen LogP) is -1.05. The second-order valence-electron chi connectivity index (χ2n) is 4.68. The number of piperazine rings is 1. The van der Waals surface area contributed by atoms with Crippen LogP contribution >= 0.6 is 0 Å². The Balaban J connectivity index is 2.04. The number of carbonyl (C=O) groups is 1. The number of nitrogens with one attached hydrogen (secondary N) is 2. The summed E-state index contributed by atoms with van der Waals surface area (Å²) in [4.78, 5) is 15.2. The quantitative estimate of drug-likeness (QED) is 0.648. The van der Waals surface area contributed by atoms with Gasteiger partial charge in [-0.05, 0) is 13.8 Å². The van der Waals surface area contributed by atoms with Crippen LogP contribution in [0.3, 0.4) is 0 Å². The molecule has 0 unspecified atom stereocenters. The minimum atomic E-state index is -0.310. The smallest absolute Gasteiger partial charge is 0.407 e. The van der Waals surface area contributed by atoms with Gasteiger partial charge in [-0.15, -0.1) is 0 Å². The van der Waals surface area contributed by atoms with Crippen molar-refractivity contribution in [1.29, 1.82) is 0 Å². The molecule has 2 N–H and O–H groups in total. The Kier molecular flexibility index (Phi) is 5.55. The number of ether oxygens (including phenoxy) is 1. The van der Waals surface area contributed by atoms with E-state index in [1.54, 1.807) is 4.90 Å². The SMILES string of the molecule is CC(C)OC(=O)NCCN1CC[NH+](C)CC1. The van der Waals surface area contributed by atoms with Gasteiger partial charge in [0.1, 0.15) is 0 Å². The molecule has 1 amide bonds. The van der Waals surface area contributed by atoms with E-state index in [1.807, 2.05) is 13.8 Å². The second kappa shape index (κ2) is 6.70. The molecule has 1 heterocycles. The topological polar surface area (TPSA) is 46.0 Å². The van der Waals surface area contributed by atoms with Gasteiger partial charge in [-0.1, -0.05) is 0 Å². The Labute approximate surface area is 97.7 Å². The van der Waals surface area contributed by atoms with E-state index in [9.17, 15) is 4.79 Å². The fraction of sp³-hybridized carbons (Fsp3) is 0.909. The van der Waals surface area contributed by atoms with E-state index in [-0.39, 0.29) is 12.2 Å². The average molecular weight is 230 g/mol. The number of quaternary nitrogens is 1. The molecule has 0 aliphatic carbocycles. The lowest BCUT2D eigenvalue weighted by Crippen LogP contribution is -3.12. The first-order valence-electron chi connectivity index (χ1n) is 6.06. The van der Waals surface area contributed by atoms with E-state index in [0.717, 1.165) is 19.6 Å². The summed E-state index contributed by atoms with van der Waals surface area (Å²) in [7, 11) is 2.22. The minimum Gasteiger partial charge on any atom is -0.447 e. The van der Waals surface area contributed by atoms with Crippen LogP contribution in [0, 0.1) is 0 Å². The standard InChI is InChI=1S/C11H23N3O2/c1-10(2)16-11(15)12-4-5-14-8-6-13(3)7-9-14/h10H,4-9H2,1-3H3,(H,12,15)/p+1. The van der Waals surface area contributed by atoms with Gasteiger partial charge in [0, 0.05) is 26.2 Å². The number of hydrogen-bond donors (Lipinski definition) is 2. The van der Waals surface area contributed by atoms with E-state index < -0.39 is 0 Å². The van der Waals surface area contributed by atoms with Crippen LogP contribution in [0.2, 0.25) is 0 Å². The summed E-state index contributed by atoms with van der Waals surface area (Å²) in [5.74, 6) is 0. The van der Waals surface area contributed by atoms with E-state index in [1.165, 1.54) is 13.1 Å². The highest BCUT2D eigenvalue weighted by atomic mass is 16.6. The molecule has 1 aliphatic heterocycles. The molecule has 0 aromatic rings. The summed E-state index contributed by atoms with van der Waals surface area (Å²) in [6.07, 6.45) is -0.359. The van der Waals surface area contributed by atoms with Crippen molar-refractivity contribution in [3.63, 3.8) is 0 Å². The number of likely N-dealkylation sites (N-methyl/N-ethyl adjacent to an activating group) is 1. The lowest BCUT2D eigenvalue weighted by atomic mass is 10.3. The van der Waals surface area contributed by atoms with Crippen molar-refractivity contribution in [3.8, 4) is 0 Å². The Morgan fingerprint density at radius 2 is 2.06 bits per heavy atom. The fourth-order valence-corrected chi connectivity index (χ4v) is 1.73. The largest absolute Gasteiger partial charge is 0.447 e. The van der Waals surface area contributed by atoms with Gasteiger partial charge in [0.05, 0.1) is 26.2 Å². The van der Waals surface area contributed by atoms with Gasteiger partial charge >= 0.3 is 6.09 Å². The molecule has 0 radical (unpaired) electrons. The van der Waals surface area contributed by atoms with E-state index in [4.69, 9.17) is 4.74 Å². The van der Waals surface area contributed by atoms with Crippen LogP contribution in [-0.4, -0.2) is 63.4 Å². The zero-order valence-corrected chi connectivity index (χ0v) is 10.6. The number of amides is 1. The van der Waals surface area contributed by atoms with Crippen LogP contribution < -0.4 is 10.2 Å². The van der Waals surface area contributed by atoms with Crippen LogP contribution in [0.1, 0.15) is 13.8 Å². The Morgan fingerprint density at radius 3 is 2.62 bits per heavy atom. The third-order valence-electron chi connectivity index (χ3n) is 2.75. The summed E-state index contributed by atoms with van der Waals surface area (Å²) < 4.78 is 4.98. The molecule has 1 fully saturated rings. The summed E-state index contributed by atoms with van der Waals surface area (Å²) in [6, 6.07) is 0. The molecule has 0 aromatic heterocycles. The van der Waals surface area contributed by atoms with Gasteiger partial charge in [-0.2, -0.15) is 0 Å². The highest BCUT2D eigenvalue weighted by Crippen LogP contribution is 1.90. The second-order valence-corrected chi connectivity index (χ2v) is 4.68. The molecule has 94 valence electrons. The van der Waals surface area contributed by atoms with Crippen molar-refractivity contribution in [2.45, 2.75) is 20.0 Å². The maximum Gasteiger partial charge on any atom is 0.407 e. The van der Waals surface area contributed by atoms with Crippen molar-refractivity contribution in [3.05, 3.63) is 0 Å².